The number of amides is 1. The molecular formula is C31H40N2O7. The molecule has 0 radical (unpaired) electrons. The van der Waals surface area contributed by atoms with E-state index in [-0.39, 0.29) is 37.8 Å². The van der Waals surface area contributed by atoms with Gasteiger partial charge in [-0.15, -0.1) is 0 Å². The van der Waals surface area contributed by atoms with Gasteiger partial charge in [-0.3, -0.25) is 14.5 Å². The van der Waals surface area contributed by atoms with Crippen molar-refractivity contribution in [3.05, 3.63) is 53.1 Å². The number of aliphatic carboxylic acids is 1. The summed E-state index contributed by atoms with van der Waals surface area (Å²) in [5.41, 5.74) is 3.08. The van der Waals surface area contributed by atoms with Gasteiger partial charge in [0.1, 0.15) is 5.75 Å². The molecule has 40 heavy (non-hydrogen) atoms. The Kier molecular flexibility index (Phi) is 9.11. The summed E-state index contributed by atoms with van der Waals surface area (Å²) in [5, 5.41) is 19.9. The summed E-state index contributed by atoms with van der Waals surface area (Å²) in [5.74, 6) is 0.527. The average molecular weight is 553 g/mol. The number of carboxylic acids is 1. The van der Waals surface area contributed by atoms with Gasteiger partial charge < -0.3 is 29.3 Å². The molecule has 9 heteroatoms. The van der Waals surface area contributed by atoms with Gasteiger partial charge in [0.05, 0.1) is 19.1 Å². The fraction of sp³-hybridized carbons (Fsp3) is 0.548. The molecule has 2 aromatic carbocycles. The first kappa shape index (κ1) is 28.2. The van der Waals surface area contributed by atoms with Crippen LogP contribution < -0.4 is 14.2 Å². The Bertz CT molecular complexity index is 1190. The maximum Gasteiger partial charge on any atom is 0.308 e. The van der Waals surface area contributed by atoms with E-state index in [1.165, 1.54) is 0 Å². The van der Waals surface area contributed by atoms with Crippen LogP contribution in [-0.2, 0) is 22.4 Å². The van der Waals surface area contributed by atoms with Crippen LogP contribution in [0.3, 0.4) is 0 Å². The highest BCUT2D eigenvalue weighted by molar-refractivity contribution is 5.79. The van der Waals surface area contributed by atoms with Crippen LogP contribution in [0.4, 0.5) is 0 Å². The maximum absolute atomic E-state index is 13.6. The number of aryl methyl sites for hydroxylation is 1. The van der Waals surface area contributed by atoms with E-state index in [9.17, 15) is 19.8 Å². The molecule has 2 N–H and O–H groups in total. The number of carbonyl (C=O) groups is 2. The number of fused-ring (bicyclic) bond motifs is 2. The van der Waals surface area contributed by atoms with Crippen molar-refractivity contribution >= 4 is 11.9 Å². The van der Waals surface area contributed by atoms with Gasteiger partial charge in [-0.2, -0.15) is 0 Å². The lowest BCUT2D eigenvalue weighted by Gasteiger charge is -2.30. The Morgan fingerprint density at radius 3 is 2.73 bits per heavy atom. The number of para-hydroxylation sites is 1. The molecule has 216 valence electrons. The van der Waals surface area contributed by atoms with Crippen LogP contribution in [-0.4, -0.2) is 84.1 Å². The Morgan fingerprint density at radius 2 is 1.93 bits per heavy atom. The quantitative estimate of drug-likeness (QED) is 0.389. The van der Waals surface area contributed by atoms with E-state index in [1.807, 2.05) is 35.2 Å². The third kappa shape index (κ3) is 6.05. The van der Waals surface area contributed by atoms with Crippen molar-refractivity contribution in [1.29, 1.82) is 0 Å². The molecule has 3 atom stereocenters. The minimum atomic E-state index is -0.845. The smallest absolute Gasteiger partial charge is 0.308 e. The minimum absolute atomic E-state index is 0.0172. The summed E-state index contributed by atoms with van der Waals surface area (Å²) in [7, 11) is 0. The lowest BCUT2D eigenvalue weighted by atomic mass is 9.83. The van der Waals surface area contributed by atoms with Gasteiger partial charge in [-0.1, -0.05) is 37.6 Å². The second kappa shape index (κ2) is 12.9. The van der Waals surface area contributed by atoms with Crippen LogP contribution in [0.5, 0.6) is 17.2 Å². The van der Waals surface area contributed by atoms with Gasteiger partial charge in [0.25, 0.3) is 0 Å². The molecule has 1 amide bonds. The van der Waals surface area contributed by atoms with E-state index in [1.54, 1.807) is 0 Å². The predicted octanol–water partition coefficient (Wildman–Crippen LogP) is 3.46. The Morgan fingerprint density at radius 1 is 1.07 bits per heavy atom. The average Bonchev–Trinajstić information content (AvgIpc) is 3.70. The molecule has 2 aromatic rings. The number of carboxylic acid groups (broad SMARTS) is 1. The number of aliphatic hydroxyl groups excluding tert-OH is 1. The SMILES string of the molecule is CCCCN(CCCO)C(=O)CN1CC(c2ccc3c(c2)CCO3)C(C(=O)O)C1CCc1cccc2c1OCO2. The number of hydrogen-bond acceptors (Lipinski definition) is 7. The lowest BCUT2D eigenvalue weighted by Crippen LogP contribution is -2.45. The van der Waals surface area contributed by atoms with Gasteiger partial charge in [0.2, 0.25) is 12.7 Å². The molecule has 1 saturated heterocycles. The van der Waals surface area contributed by atoms with E-state index in [2.05, 4.69) is 17.9 Å². The van der Waals surface area contributed by atoms with E-state index < -0.39 is 11.9 Å². The van der Waals surface area contributed by atoms with E-state index in [0.29, 0.717) is 51.3 Å². The molecule has 3 aliphatic heterocycles. The second-order valence-electron chi connectivity index (χ2n) is 10.9. The third-order valence-corrected chi connectivity index (χ3v) is 8.42. The van der Waals surface area contributed by atoms with Crippen LogP contribution in [0.25, 0.3) is 0 Å². The molecule has 5 rings (SSSR count). The van der Waals surface area contributed by atoms with Crippen LogP contribution in [0, 0.1) is 5.92 Å². The Labute approximate surface area is 235 Å². The standard InChI is InChI=1S/C31H40N2O7/c1-2-3-13-32(14-5-15-34)28(35)19-33-18-24(22-9-11-26-23(17-22)12-16-38-26)29(31(36)37)25(33)10-8-21-6-4-7-27-30(21)40-20-39-27/h4,6-7,9,11,17,24-25,29,34H,2-3,5,8,10,12-16,18-20H2,1H3,(H,36,37). The Hall–Kier alpha value is -3.30. The van der Waals surface area contributed by atoms with E-state index in [0.717, 1.165) is 47.5 Å². The first-order valence-electron chi connectivity index (χ1n) is 14.5. The van der Waals surface area contributed by atoms with E-state index >= 15 is 0 Å². The van der Waals surface area contributed by atoms with Crippen LogP contribution in [0.2, 0.25) is 0 Å². The number of benzene rings is 2. The number of likely N-dealkylation sites (tertiary alicyclic amines) is 1. The minimum Gasteiger partial charge on any atom is -0.493 e. The number of nitrogens with zero attached hydrogens (tertiary/aromatic N) is 2. The molecule has 0 aromatic heterocycles. The molecular weight excluding hydrogens is 512 g/mol. The first-order chi connectivity index (χ1) is 19.5. The zero-order chi connectivity index (χ0) is 28.1. The van der Waals surface area contributed by atoms with Crippen LogP contribution in [0.15, 0.2) is 36.4 Å². The summed E-state index contributed by atoms with van der Waals surface area (Å²) in [6.45, 7) is 4.71. The molecule has 0 saturated carbocycles. The molecule has 3 aliphatic rings. The van der Waals surface area contributed by atoms with Gasteiger partial charge in [0.15, 0.2) is 11.5 Å². The van der Waals surface area contributed by atoms with Crippen LogP contribution >= 0.6 is 0 Å². The molecule has 9 nitrogen and oxygen atoms in total. The number of unbranched alkanes of at least 4 members (excludes halogenated alkanes) is 1. The fourth-order valence-corrected chi connectivity index (χ4v) is 6.36. The second-order valence-corrected chi connectivity index (χ2v) is 10.9. The topological polar surface area (TPSA) is 109 Å². The third-order valence-electron chi connectivity index (χ3n) is 8.42. The Balaban J connectivity index is 1.41. The predicted molar refractivity (Wildman–Crippen MR) is 149 cm³/mol. The van der Waals surface area contributed by atoms with Crippen molar-refractivity contribution in [2.45, 2.75) is 57.4 Å². The number of ether oxygens (including phenoxy) is 3. The lowest BCUT2D eigenvalue weighted by molar-refractivity contribution is -0.143. The molecule has 3 heterocycles. The largest absolute Gasteiger partial charge is 0.493 e. The molecule has 1 fully saturated rings. The highest BCUT2D eigenvalue weighted by Crippen LogP contribution is 2.42. The van der Waals surface area contributed by atoms with Crippen molar-refractivity contribution in [1.82, 2.24) is 9.80 Å². The zero-order valence-corrected chi connectivity index (χ0v) is 23.2. The van der Waals surface area contributed by atoms with Crippen molar-refractivity contribution in [3.8, 4) is 17.2 Å². The normalized spacial score (nSPS) is 21.3. The zero-order valence-electron chi connectivity index (χ0n) is 23.2. The summed E-state index contributed by atoms with van der Waals surface area (Å²) in [6.07, 6.45) is 4.38. The summed E-state index contributed by atoms with van der Waals surface area (Å²) in [6, 6.07) is 11.5. The monoisotopic (exact) mass is 552 g/mol. The van der Waals surface area contributed by atoms with Gasteiger partial charge in [-0.25, -0.2) is 0 Å². The summed E-state index contributed by atoms with van der Waals surface area (Å²) in [4.78, 5) is 30.3. The molecule has 0 spiro atoms. The van der Waals surface area contributed by atoms with Gasteiger partial charge in [-0.05, 0) is 54.5 Å². The summed E-state index contributed by atoms with van der Waals surface area (Å²) >= 11 is 0. The van der Waals surface area contributed by atoms with Gasteiger partial charge >= 0.3 is 5.97 Å². The fourth-order valence-electron chi connectivity index (χ4n) is 6.36. The van der Waals surface area contributed by atoms with Crippen molar-refractivity contribution in [2.75, 3.05) is 46.2 Å². The number of aliphatic hydroxyl groups is 1. The maximum atomic E-state index is 13.6. The van der Waals surface area contributed by atoms with Crippen molar-refractivity contribution < 1.29 is 34.0 Å². The first-order valence-corrected chi connectivity index (χ1v) is 14.5. The highest BCUT2D eigenvalue weighted by atomic mass is 16.7. The number of rotatable bonds is 13. The summed E-state index contributed by atoms with van der Waals surface area (Å²) < 4.78 is 16.9. The molecule has 3 unspecified atom stereocenters. The van der Waals surface area contributed by atoms with Crippen molar-refractivity contribution in [3.63, 3.8) is 0 Å². The molecule has 0 aliphatic carbocycles. The highest BCUT2D eigenvalue weighted by Gasteiger charge is 2.47. The molecule has 0 bridgehead atoms. The van der Waals surface area contributed by atoms with E-state index in [4.69, 9.17) is 14.2 Å². The number of carbonyl (C=O) groups excluding carboxylic acids is 1. The van der Waals surface area contributed by atoms with Crippen molar-refractivity contribution in [2.24, 2.45) is 5.92 Å². The van der Waals surface area contributed by atoms with Gasteiger partial charge in [0, 0.05) is 44.6 Å². The number of hydrogen-bond donors (Lipinski definition) is 2. The van der Waals surface area contributed by atoms with Crippen LogP contribution in [0.1, 0.15) is 55.2 Å².